The Hall–Kier alpha value is -1.79. The summed E-state index contributed by atoms with van der Waals surface area (Å²) in [6, 6.07) is 15.6. The standard InChI is InChI=1S/C17H16ClNO/c18-17-10-4-3-8-16(17)13-20-12-15-7-2-1-6-14(15)9-5-11-19/h1-4,6-8,10H,11-13,19H2. The molecule has 2 aromatic carbocycles. The third-order valence-corrected chi connectivity index (χ3v) is 3.18. The Morgan fingerprint density at radius 3 is 2.35 bits per heavy atom. The third-order valence-electron chi connectivity index (χ3n) is 2.82. The molecule has 20 heavy (non-hydrogen) atoms. The lowest BCUT2D eigenvalue weighted by molar-refractivity contribution is 0.107. The fourth-order valence-corrected chi connectivity index (χ4v) is 1.99. The summed E-state index contributed by atoms with van der Waals surface area (Å²) in [7, 11) is 0. The Balaban J connectivity index is 1.99. The molecular weight excluding hydrogens is 270 g/mol. The van der Waals surface area contributed by atoms with Gasteiger partial charge in [0.05, 0.1) is 19.8 Å². The summed E-state index contributed by atoms with van der Waals surface area (Å²) >= 11 is 6.09. The number of rotatable bonds is 4. The molecule has 102 valence electrons. The molecule has 0 unspecified atom stereocenters. The van der Waals surface area contributed by atoms with Crippen LogP contribution in [0, 0.1) is 11.8 Å². The molecule has 2 aromatic rings. The van der Waals surface area contributed by atoms with Crippen LogP contribution in [0.15, 0.2) is 48.5 Å². The Morgan fingerprint density at radius 1 is 0.950 bits per heavy atom. The highest BCUT2D eigenvalue weighted by Gasteiger charge is 2.02. The highest BCUT2D eigenvalue weighted by Crippen LogP contribution is 2.17. The van der Waals surface area contributed by atoms with E-state index in [9.17, 15) is 0 Å². The van der Waals surface area contributed by atoms with Gasteiger partial charge in [-0.3, -0.25) is 0 Å². The predicted octanol–water partition coefficient (Wildman–Crippen LogP) is 3.37. The molecule has 0 aliphatic heterocycles. The van der Waals surface area contributed by atoms with E-state index in [0.29, 0.717) is 19.8 Å². The fraction of sp³-hybridized carbons (Fsp3) is 0.176. The summed E-state index contributed by atoms with van der Waals surface area (Å²) in [6.07, 6.45) is 0. The second-order valence-corrected chi connectivity index (χ2v) is 4.65. The maximum atomic E-state index is 6.09. The largest absolute Gasteiger partial charge is 0.372 e. The maximum absolute atomic E-state index is 6.09. The van der Waals surface area contributed by atoms with Gasteiger partial charge < -0.3 is 10.5 Å². The van der Waals surface area contributed by atoms with Crippen molar-refractivity contribution in [1.29, 1.82) is 0 Å². The summed E-state index contributed by atoms with van der Waals surface area (Å²) in [4.78, 5) is 0. The highest BCUT2D eigenvalue weighted by atomic mass is 35.5. The first kappa shape index (κ1) is 14.6. The average Bonchev–Trinajstić information content (AvgIpc) is 2.48. The lowest BCUT2D eigenvalue weighted by Gasteiger charge is -2.07. The van der Waals surface area contributed by atoms with Gasteiger partial charge in [-0.05, 0) is 23.3 Å². The second-order valence-electron chi connectivity index (χ2n) is 4.25. The van der Waals surface area contributed by atoms with Gasteiger partial charge in [-0.2, -0.15) is 0 Å². The first-order chi connectivity index (χ1) is 9.81. The molecular formula is C17H16ClNO. The SMILES string of the molecule is NCC#Cc1ccccc1COCc1ccccc1Cl. The van der Waals surface area contributed by atoms with Crippen LogP contribution < -0.4 is 5.73 Å². The first-order valence-electron chi connectivity index (χ1n) is 6.39. The van der Waals surface area contributed by atoms with Crippen molar-refractivity contribution < 1.29 is 4.74 Å². The van der Waals surface area contributed by atoms with E-state index in [2.05, 4.69) is 11.8 Å². The number of benzene rings is 2. The Bertz CT molecular complexity index is 628. The lowest BCUT2D eigenvalue weighted by Crippen LogP contribution is -1.98. The smallest absolute Gasteiger partial charge is 0.0735 e. The summed E-state index contributed by atoms with van der Waals surface area (Å²) in [5, 5.41) is 0.726. The molecule has 0 aromatic heterocycles. The van der Waals surface area contributed by atoms with Crippen molar-refractivity contribution in [1.82, 2.24) is 0 Å². The zero-order chi connectivity index (χ0) is 14.2. The molecule has 2 nitrogen and oxygen atoms in total. The van der Waals surface area contributed by atoms with Crippen LogP contribution in [0.4, 0.5) is 0 Å². The first-order valence-corrected chi connectivity index (χ1v) is 6.77. The Kier molecular flexibility index (Phi) is 5.64. The van der Waals surface area contributed by atoms with Crippen molar-refractivity contribution in [2.75, 3.05) is 6.54 Å². The molecule has 0 aliphatic rings. The van der Waals surface area contributed by atoms with Gasteiger partial charge >= 0.3 is 0 Å². The van der Waals surface area contributed by atoms with E-state index in [0.717, 1.165) is 21.7 Å². The molecule has 0 aliphatic carbocycles. The van der Waals surface area contributed by atoms with Crippen LogP contribution in [0.25, 0.3) is 0 Å². The average molecular weight is 286 g/mol. The Labute approximate surface area is 124 Å². The molecule has 0 saturated heterocycles. The van der Waals surface area contributed by atoms with Crippen molar-refractivity contribution >= 4 is 11.6 Å². The van der Waals surface area contributed by atoms with Crippen LogP contribution >= 0.6 is 11.6 Å². The van der Waals surface area contributed by atoms with Gasteiger partial charge in [0, 0.05) is 10.6 Å². The minimum Gasteiger partial charge on any atom is -0.372 e. The summed E-state index contributed by atoms with van der Waals surface area (Å²) < 4.78 is 5.72. The molecule has 0 heterocycles. The number of hydrogen-bond acceptors (Lipinski definition) is 2. The maximum Gasteiger partial charge on any atom is 0.0735 e. The van der Waals surface area contributed by atoms with Gasteiger partial charge in [0.15, 0.2) is 0 Å². The molecule has 0 atom stereocenters. The van der Waals surface area contributed by atoms with Crippen LogP contribution in [-0.2, 0) is 18.0 Å². The monoisotopic (exact) mass is 285 g/mol. The van der Waals surface area contributed by atoms with Gasteiger partial charge in [0.25, 0.3) is 0 Å². The molecule has 0 saturated carbocycles. The van der Waals surface area contributed by atoms with Crippen molar-refractivity contribution in [2.45, 2.75) is 13.2 Å². The van der Waals surface area contributed by atoms with Gasteiger partial charge in [-0.15, -0.1) is 0 Å². The van der Waals surface area contributed by atoms with E-state index in [1.165, 1.54) is 0 Å². The van der Waals surface area contributed by atoms with E-state index in [1.54, 1.807) is 0 Å². The zero-order valence-electron chi connectivity index (χ0n) is 11.1. The normalized spacial score (nSPS) is 9.90. The van der Waals surface area contributed by atoms with Crippen molar-refractivity contribution in [3.05, 3.63) is 70.2 Å². The van der Waals surface area contributed by atoms with Gasteiger partial charge in [-0.1, -0.05) is 59.8 Å². The van der Waals surface area contributed by atoms with E-state index >= 15 is 0 Å². The molecule has 3 heteroatoms. The number of halogens is 1. The van der Waals surface area contributed by atoms with E-state index < -0.39 is 0 Å². The van der Waals surface area contributed by atoms with Crippen LogP contribution in [-0.4, -0.2) is 6.54 Å². The second kappa shape index (κ2) is 7.72. The molecule has 0 radical (unpaired) electrons. The molecule has 0 fully saturated rings. The van der Waals surface area contributed by atoms with Crippen molar-refractivity contribution in [2.24, 2.45) is 5.73 Å². The molecule has 0 amide bonds. The van der Waals surface area contributed by atoms with Gasteiger partial charge in [0.1, 0.15) is 0 Å². The molecule has 0 spiro atoms. The van der Waals surface area contributed by atoms with Crippen molar-refractivity contribution in [3.8, 4) is 11.8 Å². The zero-order valence-corrected chi connectivity index (χ0v) is 11.9. The summed E-state index contributed by atoms with van der Waals surface area (Å²) in [5.74, 6) is 5.92. The lowest BCUT2D eigenvalue weighted by atomic mass is 10.1. The molecule has 2 N–H and O–H groups in total. The topological polar surface area (TPSA) is 35.2 Å². The number of ether oxygens (including phenoxy) is 1. The van der Waals surface area contributed by atoms with E-state index in [4.69, 9.17) is 22.1 Å². The molecule has 0 bridgehead atoms. The van der Waals surface area contributed by atoms with Crippen molar-refractivity contribution in [3.63, 3.8) is 0 Å². The highest BCUT2D eigenvalue weighted by molar-refractivity contribution is 6.31. The summed E-state index contributed by atoms with van der Waals surface area (Å²) in [6.45, 7) is 1.34. The van der Waals surface area contributed by atoms with E-state index in [1.807, 2.05) is 48.5 Å². The number of nitrogens with two attached hydrogens (primary N) is 1. The minimum atomic E-state index is 0.356. The summed E-state index contributed by atoms with van der Waals surface area (Å²) in [5.41, 5.74) is 8.40. The predicted molar refractivity (Wildman–Crippen MR) is 82.3 cm³/mol. The van der Waals surface area contributed by atoms with Crippen LogP contribution in [0.3, 0.4) is 0 Å². The quantitative estimate of drug-likeness (QED) is 0.874. The van der Waals surface area contributed by atoms with Gasteiger partial charge in [-0.25, -0.2) is 0 Å². The minimum absolute atomic E-state index is 0.356. The van der Waals surface area contributed by atoms with E-state index in [-0.39, 0.29) is 0 Å². The van der Waals surface area contributed by atoms with Gasteiger partial charge in [0.2, 0.25) is 0 Å². The Morgan fingerprint density at radius 2 is 1.60 bits per heavy atom. The molecule has 2 rings (SSSR count). The van der Waals surface area contributed by atoms with Crippen LogP contribution in [0.1, 0.15) is 16.7 Å². The third kappa shape index (κ3) is 4.11. The number of hydrogen-bond donors (Lipinski definition) is 1. The van der Waals surface area contributed by atoms with Crippen LogP contribution in [0.2, 0.25) is 5.02 Å². The fourth-order valence-electron chi connectivity index (χ4n) is 1.80. The van der Waals surface area contributed by atoms with Crippen LogP contribution in [0.5, 0.6) is 0 Å².